The molecule has 9 nitrogen and oxygen atoms in total. The van der Waals surface area contributed by atoms with E-state index in [-0.39, 0.29) is 11.1 Å². The summed E-state index contributed by atoms with van der Waals surface area (Å²) in [6, 6.07) is 18.3. The molecule has 1 fully saturated rings. The lowest BCUT2D eigenvalue weighted by molar-refractivity contribution is 0.354. The molecule has 0 unspecified atom stereocenters. The van der Waals surface area contributed by atoms with E-state index in [4.69, 9.17) is 0 Å². The average Bonchev–Trinajstić information content (AvgIpc) is 3.90. The standard InChI is InChI=1S/C32H19N9S4/c1-16(13-33)36-22-7-5-18(26-28(22)40-44-38-26)24-11-20-30(42-24)31-21(32(20)9-3-2-4-10-32)12-25(43-31)19-6-8-23(37-17(14-34)15-35)29-27(19)39-45-41-29/h5-8,11-12H,2-4,9-10H2,1H3. The van der Waals surface area contributed by atoms with Gasteiger partial charge in [-0.1, -0.05) is 19.3 Å². The number of hydrogen-bond acceptors (Lipinski definition) is 13. The van der Waals surface area contributed by atoms with Crippen molar-refractivity contribution >= 4 is 91.0 Å². The molecule has 0 atom stereocenters. The van der Waals surface area contributed by atoms with Crippen LogP contribution in [0.1, 0.15) is 50.2 Å². The van der Waals surface area contributed by atoms with Crippen LogP contribution in [0.2, 0.25) is 0 Å². The topological polar surface area (TPSA) is 148 Å². The molecule has 2 aliphatic carbocycles. The number of fused-ring (bicyclic) bond motifs is 7. The Labute approximate surface area is 273 Å². The first-order valence-electron chi connectivity index (χ1n) is 14.2. The van der Waals surface area contributed by atoms with Crippen molar-refractivity contribution in [3.63, 3.8) is 0 Å². The lowest BCUT2D eigenvalue weighted by atomic mass is 9.68. The van der Waals surface area contributed by atoms with Gasteiger partial charge in [-0.15, -0.1) is 22.7 Å². The van der Waals surface area contributed by atoms with E-state index >= 15 is 0 Å². The molecule has 0 N–H and O–H groups in total. The van der Waals surface area contributed by atoms with Crippen LogP contribution in [0.3, 0.4) is 0 Å². The van der Waals surface area contributed by atoms with Crippen LogP contribution in [-0.2, 0) is 5.41 Å². The molecule has 0 saturated heterocycles. The minimum absolute atomic E-state index is 0.0296. The zero-order valence-corrected chi connectivity index (χ0v) is 26.9. The second kappa shape index (κ2) is 10.7. The largest absolute Gasteiger partial charge is 0.240 e. The summed E-state index contributed by atoms with van der Waals surface area (Å²) in [5, 5.41) is 27.7. The van der Waals surface area contributed by atoms with E-state index in [1.54, 1.807) is 18.3 Å². The van der Waals surface area contributed by atoms with Crippen LogP contribution >= 0.6 is 46.1 Å². The highest BCUT2D eigenvalue weighted by Gasteiger charge is 2.46. The van der Waals surface area contributed by atoms with E-state index in [9.17, 15) is 15.8 Å². The van der Waals surface area contributed by atoms with Gasteiger partial charge in [-0.05, 0) is 67.3 Å². The van der Waals surface area contributed by atoms with Crippen LogP contribution in [0.4, 0.5) is 11.4 Å². The lowest BCUT2D eigenvalue weighted by Crippen LogP contribution is -2.27. The first-order valence-corrected chi connectivity index (χ1v) is 17.3. The van der Waals surface area contributed by atoms with Gasteiger partial charge in [0.2, 0.25) is 5.71 Å². The lowest BCUT2D eigenvalue weighted by Gasteiger charge is -2.34. The second-order valence-electron chi connectivity index (χ2n) is 11.0. The van der Waals surface area contributed by atoms with Crippen LogP contribution in [0.25, 0.3) is 52.7 Å². The van der Waals surface area contributed by atoms with Crippen molar-refractivity contribution in [1.82, 2.24) is 17.5 Å². The Morgan fingerprint density at radius 3 is 1.71 bits per heavy atom. The van der Waals surface area contributed by atoms with Gasteiger partial charge in [0.05, 0.1) is 34.8 Å². The fourth-order valence-corrected chi connectivity index (χ4v) is 10.5. The SMILES string of the molecule is CC(C#N)=Nc1ccc(-c2cc3c(s2)-c2sc(-c4ccc(N=C(C#N)C#N)c5nsnc45)cc2C32CCCCC2)c2nsnc12. The minimum Gasteiger partial charge on any atom is -0.240 e. The molecule has 1 spiro atoms. The van der Waals surface area contributed by atoms with E-state index in [0.29, 0.717) is 22.6 Å². The normalized spacial score (nSPS) is 15.0. The first-order chi connectivity index (χ1) is 22.0. The maximum absolute atomic E-state index is 9.25. The molecule has 2 aromatic carbocycles. The van der Waals surface area contributed by atoms with Crippen molar-refractivity contribution in [2.75, 3.05) is 0 Å². The average molecular weight is 658 g/mol. The van der Waals surface area contributed by atoms with Crippen molar-refractivity contribution in [3.05, 3.63) is 47.5 Å². The predicted molar refractivity (Wildman–Crippen MR) is 181 cm³/mol. The van der Waals surface area contributed by atoms with Gasteiger partial charge < -0.3 is 0 Å². The molecule has 0 radical (unpaired) electrons. The highest BCUT2D eigenvalue weighted by molar-refractivity contribution is 7.26. The highest BCUT2D eigenvalue weighted by atomic mass is 32.1. The number of thiophene rings is 2. The number of nitrogens with zero attached hydrogens (tertiary/aromatic N) is 9. The summed E-state index contributed by atoms with van der Waals surface area (Å²) >= 11 is 5.87. The molecular formula is C32H19N9S4. The quantitative estimate of drug-likeness (QED) is 0.172. The monoisotopic (exact) mass is 657 g/mol. The second-order valence-corrected chi connectivity index (χ2v) is 14.2. The smallest absolute Gasteiger partial charge is 0.218 e. The van der Waals surface area contributed by atoms with Crippen molar-refractivity contribution < 1.29 is 0 Å². The van der Waals surface area contributed by atoms with Gasteiger partial charge in [-0.2, -0.15) is 33.3 Å². The zero-order valence-electron chi connectivity index (χ0n) is 23.7. The molecule has 0 bridgehead atoms. The summed E-state index contributed by atoms with van der Waals surface area (Å²) < 4.78 is 18.3. The number of aliphatic imine (C=N–C) groups is 2. The molecule has 45 heavy (non-hydrogen) atoms. The summed E-state index contributed by atoms with van der Waals surface area (Å²) in [6.07, 6.45) is 5.85. The molecule has 4 heterocycles. The van der Waals surface area contributed by atoms with E-state index in [0.717, 1.165) is 62.0 Å². The Morgan fingerprint density at radius 2 is 1.20 bits per heavy atom. The van der Waals surface area contributed by atoms with Gasteiger partial charge in [-0.25, -0.2) is 9.98 Å². The molecule has 13 heteroatoms. The van der Waals surface area contributed by atoms with Gasteiger partial charge >= 0.3 is 0 Å². The summed E-state index contributed by atoms with van der Waals surface area (Å²) in [7, 11) is 0. The van der Waals surface area contributed by atoms with Crippen molar-refractivity contribution in [2.24, 2.45) is 9.98 Å². The Bertz CT molecular complexity index is 2360. The number of benzene rings is 2. The zero-order chi connectivity index (χ0) is 30.7. The van der Waals surface area contributed by atoms with Crippen LogP contribution in [-0.4, -0.2) is 28.9 Å². The molecule has 4 aromatic heterocycles. The summed E-state index contributed by atoms with van der Waals surface area (Å²) in [4.78, 5) is 13.6. The summed E-state index contributed by atoms with van der Waals surface area (Å²) in [5.41, 5.74) is 8.98. The number of nitriles is 3. The first kappa shape index (κ1) is 27.8. The molecule has 2 aliphatic rings. The Hall–Kier alpha value is -4.71. The van der Waals surface area contributed by atoms with Gasteiger partial charge in [0.15, 0.2) is 0 Å². The number of hydrogen-bond donors (Lipinski definition) is 0. The van der Waals surface area contributed by atoms with Crippen LogP contribution in [0.15, 0.2) is 46.4 Å². The van der Waals surface area contributed by atoms with E-state index in [2.05, 4.69) is 51.7 Å². The minimum atomic E-state index is -0.210. The van der Waals surface area contributed by atoms with E-state index < -0.39 is 0 Å². The maximum Gasteiger partial charge on any atom is 0.218 e. The third kappa shape index (κ3) is 4.26. The van der Waals surface area contributed by atoms with E-state index in [1.165, 1.54) is 51.9 Å². The third-order valence-electron chi connectivity index (χ3n) is 8.62. The molecular weight excluding hydrogens is 639 g/mol. The van der Waals surface area contributed by atoms with E-state index in [1.807, 2.05) is 41.7 Å². The predicted octanol–water partition coefficient (Wildman–Crippen LogP) is 9.12. The summed E-state index contributed by atoms with van der Waals surface area (Å²) in [5.74, 6) is 0. The molecule has 0 aliphatic heterocycles. The maximum atomic E-state index is 9.25. The van der Waals surface area contributed by atoms with Gasteiger partial charge in [0.1, 0.15) is 46.0 Å². The van der Waals surface area contributed by atoms with Gasteiger partial charge in [-0.3, -0.25) is 0 Å². The third-order valence-corrected chi connectivity index (χ3v) is 12.2. The van der Waals surface area contributed by atoms with Crippen molar-refractivity contribution in [1.29, 1.82) is 15.8 Å². The van der Waals surface area contributed by atoms with Crippen molar-refractivity contribution in [2.45, 2.75) is 44.4 Å². The Morgan fingerprint density at radius 1 is 0.689 bits per heavy atom. The molecule has 6 aromatic rings. The number of rotatable bonds is 4. The fraction of sp³-hybridized carbons (Fsp3) is 0.219. The molecule has 1 saturated carbocycles. The van der Waals surface area contributed by atoms with Crippen LogP contribution in [0.5, 0.6) is 0 Å². The molecule has 8 rings (SSSR count). The number of aromatic nitrogens is 4. The molecule has 216 valence electrons. The highest BCUT2D eigenvalue weighted by Crippen LogP contribution is 2.63. The Balaban J connectivity index is 1.27. The summed E-state index contributed by atoms with van der Waals surface area (Å²) in [6.45, 7) is 1.69. The van der Waals surface area contributed by atoms with Crippen LogP contribution < -0.4 is 0 Å². The molecule has 0 amide bonds. The van der Waals surface area contributed by atoms with Crippen LogP contribution in [0, 0.1) is 34.0 Å². The Kier molecular flexibility index (Phi) is 6.63. The van der Waals surface area contributed by atoms with Gasteiger partial charge in [0.25, 0.3) is 0 Å². The fourth-order valence-electron chi connectivity index (χ4n) is 6.62. The van der Waals surface area contributed by atoms with Gasteiger partial charge in [0, 0.05) is 36.1 Å². The van der Waals surface area contributed by atoms with Crippen molar-refractivity contribution in [3.8, 4) is 48.8 Å².